The van der Waals surface area contributed by atoms with Crippen LogP contribution < -0.4 is 26.8 Å². The number of carbonyl (C=O) groups excluding carboxylic acids is 2. The fourth-order valence-electron chi connectivity index (χ4n) is 4.99. The summed E-state index contributed by atoms with van der Waals surface area (Å²) in [4.78, 5) is 34.5. The number of halogens is 1. The Bertz CT molecular complexity index is 1350. The summed E-state index contributed by atoms with van der Waals surface area (Å²) in [7, 11) is 0. The molecule has 1 unspecified atom stereocenters. The Hall–Kier alpha value is -3.99. The van der Waals surface area contributed by atoms with Crippen LogP contribution >= 0.6 is 0 Å². The molecule has 2 amide bonds. The molecule has 200 valence electrons. The standard InChI is InChI=1S/C27H32FN7O3/c28-19-15-18(25(30)37)26(34-27(19)33-22-5-2-1-4-20(22)29)31-17-8-9-21-16(14-17)7-10-23(32-21)38-13-12-35-11-3-6-24(35)36/h7-10,14-15,20,22H,1-6,11-13,29H2,(H2,30,37)(H2,31,33,34)/t20-,22?/m0/s1. The number of fused-ring (bicyclic) bond motifs is 1. The molecule has 2 fully saturated rings. The van der Waals surface area contributed by atoms with E-state index in [-0.39, 0.29) is 35.2 Å². The van der Waals surface area contributed by atoms with Crippen LogP contribution in [0.1, 0.15) is 48.9 Å². The third-order valence-corrected chi connectivity index (χ3v) is 7.09. The van der Waals surface area contributed by atoms with Gasteiger partial charge in [0, 0.05) is 42.2 Å². The van der Waals surface area contributed by atoms with Crippen LogP contribution in [0.5, 0.6) is 5.88 Å². The van der Waals surface area contributed by atoms with Crippen molar-refractivity contribution in [1.29, 1.82) is 0 Å². The summed E-state index contributed by atoms with van der Waals surface area (Å²) in [6, 6.07) is 9.96. The summed E-state index contributed by atoms with van der Waals surface area (Å²) >= 11 is 0. The number of pyridine rings is 2. The van der Waals surface area contributed by atoms with E-state index in [1.165, 1.54) is 0 Å². The molecule has 1 aliphatic heterocycles. The first kappa shape index (κ1) is 25.7. The highest BCUT2D eigenvalue weighted by Gasteiger charge is 2.24. The van der Waals surface area contributed by atoms with Crippen LogP contribution in [0.2, 0.25) is 0 Å². The highest BCUT2D eigenvalue weighted by molar-refractivity contribution is 5.99. The van der Waals surface area contributed by atoms with Crippen LogP contribution in [0.3, 0.4) is 0 Å². The van der Waals surface area contributed by atoms with Gasteiger partial charge in [-0.25, -0.2) is 14.4 Å². The maximum Gasteiger partial charge on any atom is 0.252 e. The van der Waals surface area contributed by atoms with Gasteiger partial charge in [0.2, 0.25) is 11.8 Å². The molecule has 0 bridgehead atoms. The minimum absolute atomic E-state index is 0.0275. The molecule has 0 spiro atoms. The molecule has 3 aromatic rings. The predicted molar refractivity (Wildman–Crippen MR) is 143 cm³/mol. The summed E-state index contributed by atoms with van der Waals surface area (Å²) in [6.45, 7) is 1.69. The van der Waals surface area contributed by atoms with E-state index >= 15 is 0 Å². The first-order chi connectivity index (χ1) is 18.4. The number of anilines is 3. The highest BCUT2D eigenvalue weighted by atomic mass is 19.1. The third-order valence-electron chi connectivity index (χ3n) is 7.09. The molecule has 0 radical (unpaired) electrons. The number of carbonyl (C=O) groups is 2. The van der Waals surface area contributed by atoms with Crippen LogP contribution in [0.25, 0.3) is 10.9 Å². The van der Waals surface area contributed by atoms with Gasteiger partial charge in [-0.05, 0) is 49.6 Å². The van der Waals surface area contributed by atoms with E-state index in [2.05, 4.69) is 20.6 Å². The van der Waals surface area contributed by atoms with Crippen molar-refractivity contribution >= 4 is 40.0 Å². The third kappa shape index (κ3) is 5.77. The van der Waals surface area contributed by atoms with E-state index in [9.17, 15) is 14.0 Å². The van der Waals surface area contributed by atoms with Crippen LogP contribution in [0.4, 0.5) is 21.7 Å². The van der Waals surface area contributed by atoms with Crippen molar-refractivity contribution in [2.45, 2.75) is 50.6 Å². The molecule has 2 aromatic heterocycles. The summed E-state index contributed by atoms with van der Waals surface area (Å²) in [5.74, 6) is -0.645. The van der Waals surface area contributed by atoms with Gasteiger partial charge in [-0.1, -0.05) is 12.8 Å². The summed E-state index contributed by atoms with van der Waals surface area (Å²) < 4.78 is 20.6. The number of hydrogen-bond acceptors (Lipinski definition) is 8. The van der Waals surface area contributed by atoms with Gasteiger partial charge >= 0.3 is 0 Å². The Kier molecular flexibility index (Phi) is 7.54. The van der Waals surface area contributed by atoms with Crippen molar-refractivity contribution in [2.75, 3.05) is 30.3 Å². The van der Waals surface area contributed by atoms with Crippen molar-refractivity contribution in [2.24, 2.45) is 11.5 Å². The first-order valence-corrected chi connectivity index (χ1v) is 13.0. The number of likely N-dealkylation sites (tertiary alicyclic amines) is 1. The van der Waals surface area contributed by atoms with Gasteiger partial charge in [-0.3, -0.25) is 9.59 Å². The fourth-order valence-corrected chi connectivity index (χ4v) is 4.99. The molecule has 1 aromatic carbocycles. The van der Waals surface area contributed by atoms with E-state index in [4.69, 9.17) is 16.2 Å². The molecule has 10 nitrogen and oxygen atoms in total. The number of ether oxygens (including phenoxy) is 1. The lowest BCUT2D eigenvalue weighted by atomic mass is 9.91. The zero-order valence-corrected chi connectivity index (χ0v) is 21.1. The average molecular weight is 522 g/mol. The maximum atomic E-state index is 14.8. The normalized spacial score (nSPS) is 19.5. The van der Waals surface area contributed by atoms with Crippen LogP contribution in [-0.4, -0.2) is 58.5 Å². The molecule has 2 atom stereocenters. The lowest BCUT2D eigenvalue weighted by Crippen LogP contribution is -2.43. The van der Waals surface area contributed by atoms with Crippen LogP contribution in [0, 0.1) is 5.82 Å². The van der Waals surface area contributed by atoms with Crippen LogP contribution in [-0.2, 0) is 4.79 Å². The van der Waals surface area contributed by atoms with Gasteiger partial charge in [0.25, 0.3) is 5.91 Å². The molecular formula is C27H32FN7O3. The second-order valence-corrected chi connectivity index (χ2v) is 9.79. The Balaban J connectivity index is 1.31. The zero-order chi connectivity index (χ0) is 26.6. The lowest BCUT2D eigenvalue weighted by Gasteiger charge is -2.30. The Morgan fingerprint density at radius 3 is 2.71 bits per heavy atom. The SMILES string of the molecule is NC(=O)c1cc(F)c(NC2CCCC[C@@H]2N)nc1Nc1ccc2nc(OCCN3CCCC3=O)ccc2c1. The van der Waals surface area contributed by atoms with Crippen molar-refractivity contribution < 1.29 is 18.7 Å². The lowest BCUT2D eigenvalue weighted by molar-refractivity contribution is -0.128. The van der Waals surface area contributed by atoms with E-state index in [1.54, 1.807) is 17.0 Å². The van der Waals surface area contributed by atoms with Crippen molar-refractivity contribution in [1.82, 2.24) is 14.9 Å². The monoisotopic (exact) mass is 521 g/mol. The number of nitrogens with one attached hydrogen (secondary N) is 2. The van der Waals surface area contributed by atoms with Gasteiger partial charge in [0.1, 0.15) is 12.4 Å². The Morgan fingerprint density at radius 1 is 1.11 bits per heavy atom. The van der Waals surface area contributed by atoms with Gasteiger partial charge in [0.15, 0.2) is 11.6 Å². The van der Waals surface area contributed by atoms with Gasteiger partial charge in [0.05, 0.1) is 17.6 Å². The number of hydrogen-bond donors (Lipinski definition) is 4. The number of primary amides is 1. The predicted octanol–water partition coefficient (Wildman–Crippen LogP) is 3.29. The smallest absolute Gasteiger partial charge is 0.252 e. The molecule has 1 saturated heterocycles. The number of aromatic nitrogens is 2. The zero-order valence-electron chi connectivity index (χ0n) is 21.1. The van der Waals surface area contributed by atoms with Crippen molar-refractivity contribution in [3.8, 4) is 5.88 Å². The van der Waals surface area contributed by atoms with E-state index in [0.29, 0.717) is 36.7 Å². The fraction of sp³-hybridized carbons (Fsp3) is 0.407. The Morgan fingerprint density at radius 2 is 1.95 bits per heavy atom. The van der Waals surface area contributed by atoms with E-state index in [1.807, 2.05) is 18.2 Å². The molecule has 1 saturated carbocycles. The number of rotatable bonds is 9. The number of benzene rings is 1. The van der Waals surface area contributed by atoms with Crippen molar-refractivity contribution in [3.63, 3.8) is 0 Å². The largest absolute Gasteiger partial charge is 0.476 e. The van der Waals surface area contributed by atoms with Crippen LogP contribution in [0.15, 0.2) is 36.4 Å². The maximum absolute atomic E-state index is 14.8. The van der Waals surface area contributed by atoms with Gasteiger partial charge in [-0.2, -0.15) is 0 Å². The minimum atomic E-state index is -0.792. The number of amides is 2. The first-order valence-electron chi connectivity index (χ1n) is 13.0. The second kappa shape index (κ2) is 11.2. The molecular weight excluding hydrogens is 489 g/mol. The number of nitrogens with zero attached hydrogens (tertiary/aromatic N) is 3. The number of nitrogens with two attached hydrogens (primary N) is 2. The van der Waals surface area contributed by atoms with E-state index < -0.39 is 11.7 Å². The van der Waals surface area contributed by atoms with Gasteiger partial charge in [-0.15, -0.1) is 0 Å². The molecule has 38 heavy (non-hydrogen) atoms. The molecule has 2 aliphatic rings. The highest BCUT2D eigenvalue weighted by Crippen LogP contribution is 2.28. The second-order valence-electron chi connectivity index (χ2n) is 9.79. The molecule has 5 rings (SSSR count). The summed E-state index contributed by atoms with van der Waals surface area (Å²) in [6.07, 6.45) is 5.23. The summed E-state index contributed by atoms with van der Waals surface area (Å²) in [5.41, 5.74) is 13.0. The quantitative estimate of drug-likeness (QED) is 0.335. The Labute approximate surface area is 219 Å². The average Bonchev–Trinajstić information content (AvgIpc) is 3.31. The van der Waals surface area contributed by atoms with Gasteiger partial charge < -0.3 is 31.7 Å². The van der Waals surface area contributed by atoms with E-state index in [0.717, 1.165) is 50.1 Å². The molecule has 3 heterocycles. The topological polar surface area (TPSA) is 148 Å². The minimum Gasteiger partial charge on any atom is -0.476 e. The summed E-state index contributed by atoms with van der Waals surface area (Å²) in [5, 5.41) is 7.04. The molecule has 6 N–H and O–H groups in total. The van der Waals surface area contributed by atoms with Crippen molar-refractivity contribution in [3.05, 3.63) is 47.8 Å². The molecule has 11 heteroatoms. The molecule has 1 aliphatic carbocycles.